The zero-order chi connectivity index (χ0) is 14.1. The molecule has 0 saturated carbocycles. The van der Waals surface area contributed by atoms with Gasteiger partial charge in [-0.05, 0) is 12.3 Å². The molecule has 7 nitrogen and oxygen atoms in total. The molecule has 0 radical (unpaired) electrons. The zero-order valence-corrected chi connectivity index (χ0v) is 12.1. The average Bonchev–Trinajstić information content (AvgIpc) is 3.22. The van der Waals surface area contributed by atoms with Crippen molar-refractivity contribution >= 4 is 0 Å². The van der Waals surface area contributed by atoms with Gasteiger partial charge in [-0.2, -0.15) is 5.10 Å². The summed E-state index contributed by atoms with van der Waals surface area (Å²) in [6.07, 6.45) is 6.48. The largest absolute Gasteiger partial charge is 0.381 e. The highest BCUT2D eigenvalue weighted by molar-refractivity contribution is 5.08. The maximum absolute atomic E-state index is 5.47. The van der Waals surface area contributed by atoms with E-state index in [0.29, 0.717) is 5.92 Å². The lowest BCUT2D eigenvalue weighted by molar-refractivity contribution is 0.151. The van der Waals surface area contributed by atoms with Crippen molar-refractivity contribution in [2.75, 3.05) is 26.3 Å². The van der Waals surface area contributed by atoms with Crippen molar-refractivity contribution in [1.29, 1.82) is 0 Å². The van der Waals surface area contributed by atoms with Gasteiger partial charge in [-0.15, -0.1) is 0 Å². The van der Waals surface area contributed by atoms with E-state index in [4.69, 9.17) is 4.74 Å². The van der Waals surface area contributed by atoms with Gasteiger partial charge in [0.15, 0.2) is 0 Å². The number of aromatic nitrogens is 5. The third kappa shape index (κ3) is 2.71. The first-order chi connectivity index (χ1) is 10.4. The van der Waals surface area contributed by atoms with E-state index in [1.165, 1.54) is 12.1 Å². The lowest BCUT2D eigenvalue weighted by atomic mass is 10.1. The molecule has 2 aliphatic heterocycles. The van der Waals surface area contributed by atoms with Crippen molar-refractivity contribution in [2.45, 2.75) is 26.1 Å². The Morgan fingerprint density at radius 1 is 1.33 bits per heavy atom. The third-order valence-corrected chi connectivity index (χ3v) is 4.36. The molecule has 0 aromatic carbocycles. The van der Waals surface area contributed by atoms with Crippen molar-refractivity contribution in [3.8, 4) is 0 Å². The molecule has 2 aromatic heterocycles. The number of imidazole rings is 1. The van der Waals surface area contributed by atoms with Crippen LogP contribution >= 0.6 is 0 Å². The molecule has 0 amide bonds. The van der Waals surface area contributed by atoms with Crippen LogP contribution in [0.25, 0.3) is 0 Å². The van der Waals surface area contributed by atoms with Crippen LogP contribution in [0.3, 0.4) is 0 Å². The van der Waals surface area contributed by atoms with E-state index >= 15 is 0 Å². The summed E-state index contributed by atoms with van der Waals surface area (Å²) in [4.78, 5) is 11.1. The van der Waals surface area contributed by atoms with Gasteiger partial charge in [0.2, 0.25) is 0 Å². The summed E-state index contributed by atoms with van der Waals surface area (Å²) >= 11 is 0. The maximum Gasteiger partial charge on any atom is 0.137 e. The van der Waals surface area contributed by atoms with Gasteiger partial charge in [0.1, 0.15) is 18.5 Å². The Kier molecular flexibility index (Phi) is 3.44. The summed E-state index contributed by atoms with van der Waals surface area (Å²) in [6, 6.07) is 0. The topological polar surface area (TPSA) is 61.0 Å². The van der Waals surface area contributed by atoms with E-state index in [1.807, 2.05) is 10.9 Å². The molecule has 112 valence electrons. The van der Waals surface area contributed by atoms with Crippen LogP contribution in [-0.2, 0) is 24.4 Å². The summed E-state index contributed by atoms with van der Waals surface area (Å²) in [5, 5.41) is 4.16. The molecule has 0 N–H and O–H groups in total. The zero-order valence-electron chi connectivity index (χ0n) is 12.1. The maximum atomic E-state index is 5.47. The first-order valence-corrected chi connectivity index (χ1v) is 7.54. The Morgan fingerprint density at radius 2 is 2.33 bits per heavy atom. The first kappa shape index (κ1) is 13.0. The Bertz CT molecular complexity index is 587. The Hall–Kier alpha value is -1.73. The van der Waals surface area contributed by atoms with E-state index < -0.39 is 0 Å². The molecule has 0 bridgehead atoms. The van der Waals surface area contributed by atoms with Gasteiger partial charge in [-0.3, -0.25) is 4.90 Å². The Labute approximate surface area is 123 Å². The molecular formula is C14H20N6O. The number of hydrogen-bond donors (Lipinski definition) is 0. The highest BCUT2D eigenvalue weighted by Gasteiger charge is 2.24. The van der Waals surface area contributed by atoms with Crippen LogP contribution in [0.1, 0.15) is 17.9 Å². The number of fused-ring (bicyclic) bond motifs is 1. The van der Waals surface area contributed by atoms with Crippen molar-refractivity contribution in [3.05, 3.63) is 30.4 Å². The van der Waals surface area contributed by atoms with Gasteiger partial charge in [0, 0.05) is 26.2 Å². The predicted octanol–water partition coefficient (Wildman–Crippen LogP) is 0.375. The monoisotopic (exact) mass is 288 g/mol. The van der Waals surface area contributed by atoms with Gasteiger partial charge in [0.25, 0.3) is 0 Å². The number of ether oxygens (including phenoxy) is 1. The second-order valence-electron chi connectivity index (χ2n) is 5.88. The molecule has 2 aromatic rings. The standard InChI is InChI=1S/C14H20N6O/c1-4-21-9-12(1)6-18-2-3-20-13(5-16-14(20)8-18)7-19-11-15-10-17-19/h5,10-12H,1-4,6-9H2/t12-/m1/s1. The fourth-order valence-corrected chi connectivity index (χ4v) is 3.23. The summed E-state index contributed by atoms with van der Waals surface area (Å²) in [5.41, 5.74) is 1.21. The molecule has 1 atom stereocenters. The number of rotatable bonds is 4. The van der Waals surface area contributed by atoms with Crippen LogP contribution in [0.5, 0.6) is 0 Å². The van der Waals surface area contributed by atoms with E-state index in [2.05, 4.69) is 24.5 Å². The average molecular weight is 288 g/mol. The van der Waals surface area contributed by atoms with E-state index in [1.54, 1.807) is 12.7 Å². The summed E-state index contributed by atoms with van der Waals surface area (Å²) in [5.74, 6) is 1.86. The van der Waals surface area contributed by atoms with Crippen molar-refractivity contribution in [3.63, 3.8) is 0 Å². The molecule has 7 heteroatoms. The lowest BCUT2D eigenvalue weighted by Gasteiger charge is -2.30. The van der Waals surface area contributed by atoms with Gasteiger partial charge in [0.05, 0.1) is 31.6 Å². The minimum Gasteiger partial charge on any atom is -0.381 e. The number of nitrogens with zero attached hydrogens (tertiary/aromatic N) is 6. The van der Waals surface area contributed by atoms with Gasteiger partial charge in [-0.25, -0.2) is 14.6 Å². The Morgan fingerprint density at radius 3 is 3.14 bits per heavy atom. The third-order valence-electron chi connectivity index (χ3n) is 4.36. The molecular weight excluding hydrogens is 268 g/mol. The number of hydrogen-bond acceptors (Lipinski definition) is 5. The predicted molar refractivity (Wildman–Crippen MR) is 75.6 cm³/mol. The first-order valence-electron chi connectivity index (χ1n) is 7.54. The lowest BCUT2D eigenvalue weighted by Crippen LogP contribution is -2.37. The van der Waals surface area contributed by atoms with Gasteiger partial charge in [-0.1, -0.05) is 0 Å². The van der Waals surface area contributed by atoms with Crippen molar-refractivity contribution < 1.29 is 4.74 Å². The minimum absolute atomic E-state index is 0.695. The molecule has 4 rings (SSSR count). The quantitative estimate of drug-likeness (QED) is 0.814. The van der Waals surface area contributed by atoms with E-state index in [0.717, 1.165) is 51.8 Å². The molecule has 21 heavy (non-hydrogen) atoms. The van der Waals surface area contributed by atoms with Crippen LogP contribution in [0.4, 0.5) is 0 Å². The van der Waals surface area contributed by atoms with Gasteiger partial charge >= 0.3 is 0 Å². The highest BCUT2D eigenvalue weighted by atomic mass is 16.5. The van der Waals surface area contributed by atoms with Crippen molar-refractivity contribution in [2.24, 2.45) is 5.92 Å². The van der Waals surface area contributed by atoms with E-state index in [9.17, 15) is 0 Å². The Balaban J connectivity index is 1.43. The molecule has 0 aliphatic carbocycles. The second-order valence-corrected chi connectivity index (χ2v) is 5.88. The SMILES string of the molecule is c1ncn(Cc2cnc3n2CCN(C[C@H]2CCOC2)C3)n1. The smallest absolute Gasteiger partial charge is 0.137 e. The summed E-state index contributed by atoms with van der Waals surface area (Å²) < 4.78 is 9.63. The molecule has 4 heterocycles. The second kappa shape index (κ2) is 5.57. The van der Waals surface area contributed by atoms with E-state index in [-0.39, 0.29) is 0 Å². The summed E-state index contributed by atoms with van der Waals surface area (Å²) in [6.45, 7) is 6.75. The molecule has 2 aliphatic rings. The molecule has 0 unspecified atom stereocenters. The van der Waals surface area contributed by atoms with Crippen LogP contribution in [0, 0.1) is 5.92 Å². The van der Waals surface area contributed by atoms with Crippen LogP contribution in [0.15, 0.2) is 18.9 Å². The van der Waals surface area contributed by atoms with Gasteiger partial charge < -0.3 is 9.30 Å². The minimum atomic E-state index is 0.695. The van der Waals surface area contributed by atoms with Crippen LogP contribution in [0.2, 0.25) is 0 Å². The summed E-state index contributed by atoms with van der Waals surface area (Å²) in [7, 11) is 0. The van der Waals surface area contributed by atoms with Crippen molar-refractivity contribution in [1.82, 2.24) is 29.2 Å². The van der Waals surface area contributed by atoms with Crippen LogP contribution in [-0.4, -0.2) is 55.5 Å². The molecule has 1 saturated heterocycles. The fourth-order valence-electron chi connectivity index (χ4n) is 3.23. The van der Waals surface area contributed by atoms with Crippen LogP contribution < -0.4 is 0 Å². The normalized spacial score (nSPS) is 22.6. The highest BCUT2D eigenvalue weighted by Crippen LogP contribution is 2.19. The molecule has 0 spiro atoms. The fraction of sp³-hybridized carbons (Fsp3) is 0.643. The molecule has 1 fully saturated rings.